The van der Waals surface area contributed by atoms with Crippen LogP contribution in [0.2, 0.25) is 0 Å². The Kier molecular flexibility index (Phi) is 4.16. The van der Waals surface area contributed by atoms with Crippen LogP contribution in [0.4, 0.5) is 0 Å². The number of hydrogen-bond acceptors (Lipinski definition) is 1. The molecule has 0 radical (unpaired) electrons. The van der Waals surface area contributed by atoms with Gasteiger partial charge in [0.1, 0.15) is 0 Å². The Hall–Kier alpha value is -1.37. The zero-order chi connectivity index (χ0) is 14.1. The van der Waals surface area contributed by atoms with Crippen LogP contribution in [-0.2, 0) is 4.79 Å². The normalized spacial score (nSPS) is 12.7. The molecule has 0 aromatic heterocycles. The lowest BCUT2D eigenvalue weighted by Crippen LogP contribution is -2.17. The van der Waals surface area contributed by atoms with Crippen LogP contribution in [0.1, 0.15) is 49.9 Å². The van der Waals surface area contributed by atoms with Crippen molar-refractivity contribution in [1.82, 2.24) is 0 Å². The van der Waals surface area contributed by atoms with Gasteiger partial charge in [-0.3, -0.25) is 4.79 Å². The number of allylic oxidation sites excluding steroid dienone is 2. The fourth-order valence-corrected chi connectivity index (χ4v) is 2.29. The molecule has 0 amide bonds. The first-order chi connectivity index (χ1) is 8.12. The summed E-state index contributed by atoms with van der Waals surface area (Å²) >= 11 is 0. The number of hydrogen-bond donors (Lipinski definition) is 0. The Balaban J connectivity index is 3.24. The van der Waals surface area contributed by atoms with Crippen molar-refractivity contribution in [2.24, 2.45) is 5.41 Å². The first-order valence-corrected chi connectivity index (χ1v) is 6.44. The second-order valence-electron chi connectivity index (χ2n) is 6.22. The third-order valence-corrected chi connectivity index (χ3v) is 3.16. The summed E-state index contributed by atoms with van der Waals surface area (Å²) in [5.41, 5.74) is 5.70. The molecule has 1 aromatic carbocycles. The molecule has 0 aliphatic rings. The summed E-state index contributed by atoms with van der Waals surface area (Å²) in [6.45, 7) is 14.2. The molecule has 0 saturated carbocycles. The van der Waals surface area contributed by atoms with Gasteiger partial charge in [0.2, 0.25) is 0 Å². The third kappa shape index (κ3) is 3.32. The van der Waals surface area contributed by atoms with Crippen molar-refractivity contribution >= 4 is 11.4 Å². The minimum absolute atomic E-state index is 0.180. The van der Waals surface area contributed by atoms with Gasteiger partial charge in [-0.15, -0.1) is 0 Å². The molecule has 98 valence electrons. The van der Waals surface area contributed by atoms with Gasteiger partial charge < -0.3 is 0 Å². The zero-order valence-electron chi connectivity index (χ0n) is 12.6. The van der Waals surface area contributed by atoms with E-state index in [-0.39, 0.29) is 11.2 Å². The maximum Gasteiger partial charge on any atom is 0.161 e. The molecule has 1 heteroatoms. The van der Waals surface area contributed by atoms with Crippen molar-refractivity contribution in [3.8, 4) is 0 Å². The summed E-state index contributed by atoms with van der Waals surface area (Å²) in [5.74, 6) is 0.180. The fourth-order valence-electron chi connectivity index (χ4n) is 2.29. The van der Waals surface area contributed by atoms with E-state index in [1.54, 1.807) is 6.08 Å². The summed E-state index contributed by atoms with van der Waals surface area (Å²) in [6.07, 6.45) is 1.78. The first-order valence-electron chi connectivity index (χ1n) is 6.44. The first kappa shape index (κ1) is 14.7. The molecule has 0 N–H and O–H groups in total. The minimum Gasteiger partial charge on any atom is -0.294 e. The van der Waals surface area contributed by atoms with Gasteiger partial charge in [-0.05, 0) is 56.0 Å². The third-order valence-electron chi connectivity index (χ3n) is 3.16. The van der Waals surface area contributed by atoms with Gasteiger partial charge in [0.15, 0.2) is 5.78 Å². The average molecular weight is 244 g/mol. The SMILES string of the molecule is C/C(=C/C(=O)C(C)(C)C)c1c(C)cc(C)cc1C. The number of aryl methyl sites for hydroxylation is 3. The van der Waals surface area contributed by atoms with Crippen LogP contribution in [0.3, 0.4) is 0 Å². The van der Waals surface area contributed by atoms with E-state index in [2.05, 4.69) is 32.9 Å². The lowest BCUT2D eigenvalue weighted by atomic mass is 9.87. The van der Waals surface area contributed by atoms with Crippen LogP contribution in [-0.4, -0.2) is 5.78 Å². The van der Waals surface area contributed by atoms with Gasteiger partial charge >= 0.3 is 0 Å². The Morgan fingerprint density at radius 1 is 1.06 bits per heavy atom. The van der Waals surface area contributed by atoms with Crippen molar-refractivity contribution in [3.05, 3.63) is 40.5 Å². The van der Waals surface area contributed by atoms with E-state index in [1.165, 1.54) is 22.3 Å². The average Bonchev–Trinajstić information content (AvgIpc) is 2.13. The van der Waals surface area contributed by atoms with Crippen LogP contribution >= 0.6 is 0 Å². The maximum atomic E-state index is 12.1. The Morgan fingerprint density at radius 2 is 1.50 bits per heavy atom. The van der Waals surface area contributed by atoms with Gasteiger partial charge in [-0.25, -0.2) is 0 Å². The largest absolute Gasteiger partial charge is 0.294 e. The minimum atomic E-state index is -0.312. The second-order valence-corrected chi connectivity index (χ2v) is 6.22. The molecule has 0 heterocycles. The monoisotopic (exact) mass is 244 g/mol. The summed E-state index contributed by atoms with van der Waals surface area (Å²) < 4.78 is 0. The molecule has 0 aliphatic carbocycles. The highest BCUT2D eigenvalue weighted by Crippen LogP contribution is 2.26. The van der Waals surface area contributed by atoms with Crippen molar-refractivity contribution in [2.75, 3.05) is 0 Å². The van der Waals surface area contributed by atoms with Gasteiger partial charge in [0, 0.05) is 5.41 Å². The van der Waals surface area contributed by atoms with Gasteiger partial charge in [0.25, 0.3) is 0 Å². The summed E-state index contributed by atoms with van der Waals surface area (Å²) in [5, 5.41) is 0. The molecular formula is C17H24O. The van der Waals surface area contributed by atoms with Gasteiger partial charge in [-0.2, -0.15) is 0 Å². The molecule has 1 aromatic rings. The van der Waals surface area contributed by atoms with E-state index >= 15 is 0 Å². The van der Waals surface area contributed by atoms with Crippen molar-refractivity contribution in [3.63, 3.8) is 0 Å². The van der Waals surface area contributed by atoms with Crippen molar-refractivity contribution in [2.45, 2.75) is 48.5 Å². The Morgan fingerprint density at radius 3 is 1.89 bits per heavy atom. The molecule has 18 heavy (non-hydrogen) atoms. The highest BCUT2D eigenvalue weighted by Gasteiger charge is 2.19. The van der Waals surface area contributed by atoms with Crippen LogP contribution in [0, 0.1) is 26.2 Å². The highest BCUT2D eigenvalue weighted by atomic mass is 16.1. The van der Waals surface area contributed by atoms with Crippen LogP contribution < -0.4 is 0 Å². The summed E-state index contributed by atoms with van der Waals surface area (Å²) in [4.78, 5) is 12.1. The highest BCUT2D eigenvalue weighted by molar-refractivity contribution is 6.00. The molecule has 0 fully saturated rings. The van der Waals surface area contributed by atoms with Gasteiger partial charge in [-0.1, -0.05) is 38.5 Å². The van der Waals surface area contributed by atoms with Crippen LogP contribution in [0.25, 0.3) is 5.57 Å². The number of ketones is 1. The number of carbonyl (C=O) groups excluding carboxylic acids is 1. The molecule has 0 spiro atoms. The maximum absolute atomic E-state index is 12.1. The number of rotatable bonds is 2. The molecular weight excluding hydrogens is 220 g/mol. The summed E-state index contributed by atoms with van der Waals surface area (Å²) in [7, 11) is 0. The van der Waals surface area contributed by atoms with E-state index in [4.69, 9.17) is 0 Å². The molecule has 0 aliphatic heterocycles. The van der Waals surface area contributed by atoms with Crippen LogP contribution in [0.15, 0.2) is 18.2 Å². The smallest absolute Gasteiger partial charge is 0.161 e. The quantitative estimate of drug-likeness (QED) is 0.693. The lowest BCUT2D eigenvalue weighted by Gasteiger charge is -2.16. The predicted octanol–water partition coefficient (Wildman–Crippen LogP) is 4.63. The molecule has 0 unspecified atom stereocenters. The van der Waals surface area contributed by atoms with E-state index < -0.39 is 0 Å². The van der Waals surface area contributed by atoms with Crippen molar-refractivity contribution in [1.29, 1.82) is 0 Å². The van der Waals surface area contributed by atoms with E-state index in [9.17, 15) is 4.79 Å². The molecule has 0 saturated heterocycles. The fraction of sp³-hybridized carbons (Fsp3) is 0.471. The molecule has 1 rings (SSSR count). The standard InChI is InChI=1S/C17H24O/c1-11-8-12(2)16(13(3)9-11)14(4)10-15(18)17(5,6)7/h8-10H,1-7H3/b14-10-. The zero-order valence-corrected chi connectivity index (χ0v) is 12.6. The van der Waals surface area contributed by atoms with E-state index in [0.29, 0.717) is 0 Å². The Labute approximate surface area is 111 Å². The predicted molar refractivity (Wildman–Crippen MR) is 78.8 cm³/mol. The van der Waals surface area contributed by atoms with E-state index in [0.717, 1.165) is 5.57 Å². The lowest BCUT2D eigenvalue weighted by molar-refractivity contribution is -0.121. The topological polar surface area (TPSA) is 17.1 Å². The molecule has 0 atom stereocenters. The van der Waals surface area contributed by atoms with Crippen LogP contribution in [0.5, 0.6) is 0 Å². The Bertz CT molecular complexity index is 476. The van der Waals surface area contributed by atoms with E-state index in [1.807, 2.05) is 27.7 Å². The molecule has 1 nitrogen and oxygen atoms in total. The molecule has 0 bridgehead atoms. The summed E-state index contributed by atoms with van der Waals surface area (Å²) in [6, 6.07) is 4.34. The number of carbonyl (C=O) groups is 1. The second kappa shape index (κ2) is 5.09. The van der Waals surface area contributed by atoms with Gasteiger partial charge in [0.05, 0.1) is 0 Å². The van der Waals surface area contributed by atoms with Crippen molar-refractivity contribution < 1.29 is 4.79 Å². The number of benzene rings is 1.